The fraction of sp³-hybridized carbons (Fsp3) is 0.350. The molecule has 0 aliphatic carbocycles. The molecule has 124 valence electrons. The highest BCUT2D eigenvalue weighted by molar-refractivity contribution is 5.66. The Morgan fingerprint density at radius 2 is 1.83 bits per heavy atom. The standard InChI is InChI=1S/C20H20O4/c1-13(21)23-20-19-17(16-10-6-5-9-15(16)12-22-19)11-18(24-20)14-7-3-2-4-8-14/h2-10,17-20H,11-12H2,1H3/t17-,18+,19-,20?/m0/s1. The number of carbonyl (C=O) groups excluding carboxylic acids is 1. The number of carbonyl (C=O) groups is 1. The second-order valence-corrected chi connectivity index (χ2v) is 6.33. The van der Waals surface area contributed by atoms with Gasteiger partial charge in [-0.2, -0.15) is 0 Å². The lowest BCUT2D eigenvalue weighted by Crippen LogP contribution is -2.47. The molecule has 0 bridgehead atoms. The zero-order chi connectivity index (χ0) is 16.5. The summed E-state index contributed by atoms with van der Waals surface area (Å²) in [5.74, 6) is -0.201. The molecule has 2 aliphatic heterocycles. The van der Waals surface area contributed by atoms with Crippen molar-refractivity contribution in [3.63, 3.8) is 0 Å². The molecule has 4 rings (SSSR count). The number of fused-ring (bicyclic) bond motifs is 3. The second kappa shape index (κ2) is 6.38. The number of esters is 1. The molecule has 4 heteroatoms. The van der Waals surface area contributed by atoms with Crippen molar-refractivity contribution in [3.8, 4) is 0 Å². The summed E-state index contributed by atoms with van der Waals surface area (Å²) in [7, 11) is 0. The molecule has 0 amide bonds. The van der Waals surface area contributed by atoms with Crippen molar-refractivity contribution in [2.24, 2.45) is 0 Å². The minimum absolute atomic E-state index is 0.119. The summed E-state index contributed by atoms with van der Waals surface area (Å²) in [5.41, 5.74) is 3.57. The predicted octanol–water partition coefficient (Wildman–Crippen LogP) is 3.72. The molecule has 24 heavy (non-hydrogen) atoms. The van der Waals surface area contributed by atoms with E-state index in [-0.39, 0.29) is 24.1 Å². The molecule has 2 aliphatic rings. The summed E-state index contributed by atoms with van der Waals surface area (Å²) in [6, 6.07) is 18.4. The SMILES string of the molecule is CC(=O)OC1O[C@@H](c2ccccc2)C[C@H]2c3ccccc3CO[C@H]12. The van der Waals surface area contributed by atoms with Gasteiger partial charge < -0.3 is 14.2 Å². The topological polar surface area (TPSA) is 44.8 Å². The number of benzene rings is 2. The van der Waals surface area contributed by atoms with Crippen molar-refractivity contribution in [2.75, 3.05) is 0 Å². The van der Waals surface area contributed by atoms with Crippen LogP contribution in [0.3, 0.4) is 0 Å². The first-order chi connectivity index (χ1) is 11.7. The minimum atomic E-state index is -0.681. The summed E-state index contributed by atoms with van der Waals surface area (Å²) in [6.07, 6.45) is -0.251. The molecule has 4 atom stereocenters. The van der Waals surface area contributed by atoms with E-state index in [0.717, 1.165) is 12.0 Å². The van der Waals surface area contributed by atoms with E-state index in [0.29, 0.717) is 6.61 Å². The lowest BCUT2D eigenvalue weighted by atomic mass is 9.80. The van der Waals surface area contributed by atoms with Gasteiger partial charge in [-0.25, -0.2) is 0 Å². The van der Waals surface area contributed by atoms with Crippen LogP contribution in [-0.2, 0) is 25.6 Å². The Kier molecular flexibility index (Phi) is 4.08. The minimum Gasteiger partial charge on any atom is -0.433 e. The second-order valence-electron chi connectivity index (χ2n) is 6.33. The Balaban J connectivity index is 1.69. The Bertz CT molecular complexity index is 727. The molecule has 0 radical (unpaired) electrons. The zero-order valence-electron chi connectivity index (χ0n) is 13.6. The van der Waals surface area contributed by atoms with Crippen LogP contribution in [0.15, 0.2) is 54.6 Å². The van der Waals surface area contributed by atoms with Crippen LogP contribution in [-0.4, -0.2) is 18.4 Å². The molecule has 2 aromatic rings. The van der Waals surface area contributed by atoms with Crippen LogP contribution in [0.1, 0.15) is 42.1 Å². The van der Waals surface area contributed by atoms with Crippen molar-refractivity contribution in [3.05, 3.63) is 71.3 Å². The van der Waals surface area contributed by atoms with Crippen molar-refractivity contribution in [1.29, 1.82) is 0 Å². The van der Waals surface area contributed by atoms with Crippen LogP contribution in [0.4, 0.5) is 0 Å². The lowest BCUT2D eigenvalue weighted by molar-refractivity contribution is -0.256. The van der Waals surface area contributed by atoms with Crippen molar-refractivity contribution >= 4 is 5.97 Å². The molecule has 1 saturated heterocycles. The van der Waals surface area contributed by atoms with Gasteiger partial charge in [0, 0.05) is 12.8 Å². The van der Waals surface area contributed by atoms with E-state index in [4.69, 9.17) is 14.2 Å². The van der Waals surface area contributed by atoms with E-state index in [2.05, 4.69) is 18.2 Å². The van der Waals surface area contributed by atoms with Gasteiger partial charge >= 0.3 is 5.97 Å². The van der Waals surface area contributed by atoms with E-state index in [1.807, 2.05) is 36.4 Å². The average Bonchev–Trinajstić information content (AvgIpc) is 2.61. The highest BCUT2D eigenvalue weighted by Gasteiger charge is 2.45. The summed E-state index contributed by atoms with van der Waals surface area (Å²) in [4.78, 5) is 11.5. The first kappa shape index (κ1) is 15.4. The quantitative estimate of drug-likeness (QED) is 0.790. The van der Waals surface area contributed by atoms with Crippen LogP contribution in [0.2, 0.25) is 0 Å². The lowest BCUT2D eigenvalue weighted by Gasteiger charge is -2.44. The van der Waals surface area contributed by atoms with E-state index in [1.54, 1.807) is 0 Å². The van der Waals surface area contributed by atoms with E-state index in [1.165, 1.54) is 18.1 Å². The molecule has 2 aromatic carbocycles. The summed E-state index contributed by atoms with van der Waals surface area (Å²) >= 11 is 0. The van der Waals surface area contributed by atoms with Gasteiger partial charge in [-0.05, 0) is 23.1 Å². The maximum atomic E-state index is 11.5. The smallest absolute Gasteiger partial charge is 0.305 e. The highest BCUT2D eigenvalue weighted by Crippen LogP contribution is 2.45. The van der Waals surface area contributed by atoms with Crippen molar-refractivity contribution < 1.29 is 19.0 Å². The average molecular weight is 324 g/mol. The first-order valence-corrected chi connectivity index (χ1v) is 8.29. The monoisotopic (exact) mass is 324 g/mol. The van der Waals surface area contributed by atoms with Crippen LogP contribution in [0.5, 0.6) is 0 Å². The summed E-state index contributed by atoms with van der Waals surface area (Å²) in [6.45, 7) is 1.93. The van der Waals surface area contributed by atoms with Gasteiger partial charge in [0.25, 0.3) is 0 Å². The zero-order valence-corrected chi connectivity index (χ0v) is 13.6. The largest absolute Gasteiger partial charge is 0.433 e. The predicted molar refractivity (Wildman–Crippen MR) is 88.2 cm³/mol. The van der Waals surface area contributed by atoms with E-state index >= 15 is 0 Å². The third-order valence-electron chi connectivity index (χ3n) is 4.77. The van der Waals surface area contributed by atoms with Crippen molar-refractivity contribution in [2.45, 2.75) is 44.4 Å². The molecule has 0 N–H and O–H groups in total. The molecule has 0 spiro atoms. The van der Waals surface area contributed by atoms with Gasteiger partial charge in [-0.15, -0.1) is 0 Å². The van der Waals surface area contributed by atoms with E-state index < -0.39 is 6.29 Å². The van der Waals surface area contributed by atoms with Crippen LogP contribution in [0, 0.1) is 0 Å². The van der Waals surface area contributed by atoms with Crippen LogP contribution in [0.25, 0.3) is 0 Å². The third kappa shape index (κ3) is 2.83. The van der Waals surface area contributed by atoms with Gasteiger partial charge in [0.15, 0.2) is 0 Å². The first-order valence-electron chi connectivity index (χ1n) is 8.29. The maximum Gasteiger partial charge on any atom is 0.305 e. The highest BCUT2D eigenvalue weighted by atomic mass is 16.7. The Morgan fingerprint density at radius 1 is 1.08 bits per heavy atom. The molecule has 0 aromatic heterocycles. The third-order valence-corrected chi connectivity index (χ3v) is 4.77. The number of hydrogen-bond donors (Lipinski definition) is 0. The van der Waals surface area contributed by atoms with Gasteiger partial charge in [0.1, 0.15) is 6.10 Å². The van der Waals surface area contributed by atoms with Crippen molar-refractivity contribution in [1.82, 2.24) is 0 Å². The Labute approximate surface area is 141 Å². The van der Waals surface area contributed by atoms with Gasteiger partial charge in [0.05, 0.1) is 12.7 Å². The fourth-order valence-corrected chi connectivity index (χ4v) is 3.70. The number of hydrogen-bond acceptors (Lipinski definition) is 4. The van der Waals surface area contributed by atoms with Crippen LogP contribution >= 0.6 is 0 Å². The molecular weight excluding hydrogens is 304 g/mol. The normalized spacial score (nSPS) is 28.5. The van der Waals surface area contributed by atoms with Gasteiger partial charge in [-0.1, -0.05) is 54.6 Å². The molecule has 2 heterocycles. The Hall–Kier alpha value is -2.17. The van der Waals surface area contributed by atoms with E-state index in [9.17, 15) is 4.79 Å². The molecular formula is C20H20O4. The number of ether oxygens (including phenoxy) is 3. The maximum absolute atomic E-state index is 11.5. The molecule has 0 saturated carbocycles. The summed E-state index contributed by atoms with van der Waals surface area (Å²) < 4.78 is 17.5. The fourth-order valence-electron chi connectivity index (χ4n) is 3.70. The molecule has 1 unspecified atom stereocenters. The Morgan fingerprint density at radius 3 is 2.62 bits per heavy atom. The molecule has 1 fully saturated rings. The van der Waals surface area contributed by atoms with Gasteiger partial charge in [-0.3, -0.25) is 4.79 Å². The van der Waals surface area contributed by atoms with Crippen LogP contribution < -0.4 is 0 Å². The van der Waals surface area contributed by atoms with Gasteiger partial charge in [0.2, 0.25) is 6.29 Å². The number of rotatable bonds is 2. The molecule has 4 nitrogen and oxygen atoms in total. The summed E-state index contributed by atoms with van der Waals surface area (Å²) in [5, 5.41) is 0.